The number of rotatable bonds is 3. The molecule has 78 valence electrons. The van der Waals surface area contributed by atoms with E-state index in [0.717, 1.165) is 5.01 Å². The highest BCUT2D eigenvalue weighted by atomic mass is 16.3. The summed E-state index contributed by atoms with van der Waals surface area (Å²) in [6.45, 7) is 9.17. The second-order valence-corrected chi connectivity index (χ2v) is 2.88. The molecule has 0 heterocycles. The maximum Gasteiger partial charge on any atom is 0.269 e. The van der Waals surface area contributed by atoms with Crippen molar-refractivity contribution in [2.45, 2.75) is 13.8 Å². The standard InChI is InChI=1S/C9H14N2O3/c1-6(2)8(13)10-11(5-12)9(14)7(3)4/h12H,1,3,5H2,2,4H3,(H,10,13). The summed E-state index contributed by atoms with van der Waals surface area (Å²) in [6, 6.07) is 0. The van der Waals surface area contributed by atoms with Crippen molar-refractivity contribution in [2.24, 2.45) is 0 Å². The molecule has 0 unspecified atom stereocenters. The summed E-state index contributed by atoms with van der Waals surface area (Å²) in [5, 5.41) is 9.56. The summed E-state index contributed by atoms with van der Waals surface area (Å²) in [7, 11) is 0. The third-order valence-corrected chi connectivity index (χ3v) is 1.38. The number of hydrogen-bond donors (Lipinski definition) is 2. The van der Waals surface area contributed by atoms with Gasteiger partial charge >= 0.3 is 0 Å². The minimum atomic E-state index is -0.606. The monoisotopic (exact) mass is 198 g/mol. The smallest absolute Gasteiger partial charge is 0.269 e. The molecule has 0 aliphatic heterocycles. The quantitative estimate of drug-likeness (QED) is 0.379. The summed E-state index contributed by atoms with van der Waals surface area (Å²) in [5.41, 5.74) is 2.65. The summed E-state index contributed by atoms with van der Waals surface area (Å²) < 4.78 is 0. The Morgan fingerprint density at radius 1 is 1.29 bits per heavy atom. The maximum atomic E-state index is 11.3. The van der Waals surface area contributed by atoms with Gasteiger partial charge in [0.25, 0.3) is 11.8 Å². The van der Waals surface area contributed by atoms with Crippen molar-refractivity contribution in [1.29, 1.82) is 0 Å². The van der Waals surface area contributed by atoms with Crippen LogP contribution in [0.25, 0.3) is 0 Å². The number of nitrogens with one attached hydrogen (secondary N) is 1. The number of hydrazine groups is 1. The van der Waals surface area contributed by atoms with E-state index < -0.39 is 18.5 Å². The summed E-state index contributed by atoms with van der Waals surface area (Å²) in [4.78, 5) is 22.3. The zero-order chi connectivity index (χ0) is 11.3. The van der Waals surface area contributed by atoms with Crippen LogP contribution in [0.2, 0.25) is 0 Å². The van der Waals surface area contributed by atoms with Gasteiger partial charge in [0, 0.05) is 11.1 Å². The first-order valence-corrected chi connectivity index (χ1v) is 3.95. The van der Waals surface area contributed by atoms with Crippen molar-refractivity contribution >= 4 is 11.8 Å². The molecule has 2 amide bonds. The topological polar surface area (TPSA) is 69.6 Å². The first kappa shape index (κ1) is 12.4. The van der Waals surface area contributed by atoms with Crippen molar-refractivity contribution < 1.29 is 14.7 Å². The Labute approximate surface area is 82.7 Å². The fourth-order valence-corrected chi connectivity index (χ4v) is 0.599. The van der Waals surface area contributed by atoms with Gasteiger partial charge in [-0.3, -0.25) is 15.0 Å². The van der Waals surface area contributed by atoms with Crippen molar-refractivity contribution in [2.75, 3.05) is 6.73 Å². The van der Waals surface area contributed by atoms with E-state index in [2.05, 4.69) is 18.6 Å². The van der Waals surface area contributed by atoms with Gasteiger partial charge in [-0.1, -0.05) is 13.2 Å². The van der Waals surface area contributed by atoms with Crippen LogP contribution in [0.4, 0.5) is 0 Å². The Hall–Kier alpha value is -1.62. The summed E-state index contributed by atoms with van der Waals surface area (Å²) >= 11 is 0. The average Bonchev–Trinajstić information content (AvgIpc) is 2.12. The molecule has 0 rings (SSSR count). The zero-order valence-corrected chi connectivity index (χ0v) is 8.33. The highest BCUT2D eigenvalue weighted by Crippen LogP contribution is 1.96. The van der Waals surface area contributed by atoms with Crippen LogP contribution in [0.5, 0.6) is 0 Å². The van der Waals surface area contributed by atoms with Crippen LogP contribution in [0.3, 0.4) is 0 Å². The predicted molar refractivity (Wildman–Crippen MR) is 51.7 cm³/mol. The summed E-state index contributed by atoms with van der Waals surface area (Å²) in [6.07, 6.45) is 0. The van der Waals surface area contributed by atoms with Crippen LogP contribution in [-0.4, -0.2) is 28.7 Å². The van der Waals surface area contributed by atoms with Crippen LogP contribution in [0.1, 0.15) is 13.8 Å². The first-order valence-electron chi connectivity index (χ1n) is 3.95. The number of amides is 2. The van der Waals surface area contributed by atoms with Gasteiger partial charge < -0.3 is 5.11 Å². The Morgan fingerprint density at radius 2 is 1.79 bits per heavy atom. The van der Waals surface area contributed by atoms with Crippen molar-refractivity contribution in [3.05, 3.63) is 24.3 Å². The number of hydrogen-bond acceptors (Lipinski definition) is 3. The number of aliphatic hydroxyl groups excluding tert-OH is 1. The molecule has 0 saturated heterocycles. The molecular formula is C9H14N2O3. The van der Waals surface area contributed by atoms with Crippen LogP contribution in [0.15, 0.2) is 24.3 Å². The molecule has 0 atom stereocenters. The lowest BCUT2D eigenvalue weighted by Gasteiger charge is -2.20. The lowest BCUT2D eigenvalue weighted by Crippen LogP contribution is -2.47. The molecule has 5 nitrogen and oxygen atoms in total. The van der Waals surface area contributed by atoms with Crippen molar-refractivity contribution in [1.82, 2.24) is 10.4 Å². The molecule has 0 aromatic carbocycles. The first-order chi connectivity index (χ1) is 6.40. The zero-order valence-electron chi connectivity index (χ0n) is 8.33. The average molecular weight is 198 g/mol. The molecule has 0 aromatic rings. The minimum absolute atomic E-state index is 0.223. The number of carbonyl (C=O) groups is 2. The minimum Gasteiger partial charge on any atom is -0.374 e. The predicted octanol–water partition coefficient (Wildman–Crippen LogP) is -0.0518. The second kappa shape index (κ2) is 5.18. The van der Waals surface area contributed by atoms with Crippen molar-refractivity contribution in [3.8, 4) is 0 Å². The lowest BCUT2D eigenvalue weighted by atomic mass is 10.3. The molecule has 0 aliphatic rings. The molecule has 0 radical (unpaired) electrons. The third kappa shape index (κ3) is 3.40. The molecule has 0 spiro atoms. The summed E-state index contributed by atoms with van der Waals surface area (Å²) in [5.74, 6) is -1.06. The van der Waals surface area contributed by atoms with Gasteiger partial charge in [-0.25, -0.2) is 5.01 Å². The Bertz CT molecular complexity index is 284. The molecule has 0 fully saturated rings. The van der Waals surface area contributed by atoms with E-state index >= 15 is 0 Å². The van der Waals surface area contributed by atoms with Gasteiger partial charge in [0.15, 0.2) is 0 Å². The third-order valence-electron chi connectivity index (χ3n) is 1.38. The van der Waals surface area contributed by atoms with Crippen LogP contribution in [-0.2, 0) is 9.59 Å². The molecule has 0 aromatic heterocycles. The van der Waals surface area contributed by atoms with Crippen LogP contribution in [0, 0.1) is 0 Å². The molecule has 5 heteroatoms. The van der Waals surface area contributed by atoms with Gasteiger partial charge in [-0.15, -0.1) is 0 Å². The van der Waals surface area contributed by atoms with E-state index in [9.17, 15) is 9.59 Å². The SMILES string of the molecule is C=C(C)C(=O)NN(CO)C(=O)C(=C)C. The van der Waals surface area contributed by atoms with Gasteiger partial charge in [0.05, 0.1) is 0 Å². The van der Waals surface area contributed by atoms with E-state index in [4.69, 9.17) is 5.11 Å². The number of aliphatic hydroxyl groups is 1. The molecular weight excluding hydrogens is 184 g/mol. The fraction of sp³-hybridized carbons (Fsp3) is 0.333. The molecule has 0 saturated carbocycles. The van der Waals surface area contributed by atoms with Crippen LogP contribution < -0.4 is 5.43 Å². The Kier molecular flexibility index (Phi) is 4.58. The fourth-order valence-electron chi connectivity index (χ4n) is 0.599. The van der Waals surface area contributed by atoms with E-state index in [1.165, 1.54) is 13.8 Å². The molecule has 0 aliphatic carbocycles. The van der Waals surface area contributed by atoms with E-state index in [1.807, 2.05) is 0 Å². The van der Waals surface area contributed by atoms with E-state index in [0.29, 0.717) is 0 Å². The normalized spacial score (nSPS) is 9.07. The highest BCUT2D eigenvalue weighted by Gasteiger charge is 2.15. The second-order valence-electron chi connectivity index (χ2n) is 2.88. The lowest BCUT2D eigenvalue weighted by molar-refractivity contribution is -0.141. The maximum absolute atomic E-state index is 11.3. The highest BCUT2D eigenvalue weighted by molar-refractivity contribution is 5.97. The Morgan fingerprint density at radius 3 is 2.07 bits per heavy atom. The van der Waals surface area contributed by atoms with Gasteiger partial charge in [0.2, 0.25) is 0 Å². The number of carbonyl (C=O) groups excluding carboxylic acids is 2. The van der Waals surface area contributed by atoms with Crippen molar-refractivity contribution in [3.63, 3.8) is 0 Å². The van der Waals surface area contributed by atoms with Gasteiger partial charge in [-0.2, -0.15) is 0 Å². The Balaban J connectivity index is 4.45. The molecule has 14 heavy (non-hydrogen) atoms. The van der Waals surface area contributed by atoms with E-state index in [1.54, 1.807) is 0 Å². The van der Waals surface area contributed by atoms with Gasteiger partial charge in [0.1, 0.15) is 6.73 Å². The van der Waals surface area contributed by atoms with Gasteiger partial charge in [-0.05, 0) is 13.8 Å². The van der Waals surface area contributed by atoms with E-state index in [-0.39, 0.29) is 11.1 Å². The van der Waals surface area contributed by atoms with Crippen LogP contribution >= 0.6 is 0 Å². The largest absolute Gasteiger partial charge is 0.374 e. The molecule has 0 bridgehead atoms. The number of nitrogens with zero attached hydrogens (tertiary/aromatic N) is 1. The molecule has 2 N–H and O–H groups in total.